The zero-order valence-electron chi connectivity index (χ0n) is 9.01. The molecule has 17 heavy (non-hydrogen) atoms. The van der Waals surface area contributed by atoms with Gasteiger partial charge in [0.2, 0.25) is 5.76 Å². The van der Waals surface area contributed by atoms with E-state index in [-0.39, 0.29) is 22.8 Å². The number of ketones is 1. The van der Waals surface area contributed by atoms with E-state index in [2.05, 4.69) is 5.16 Å². The van der Waals surface area contributed by atoms with Crippen molar-refractivity contribution in [1.29, 1.82) is 0 Å². The summed E-state index contributed by atoms with van der Waals surface area (Å²) in [5.41, 5.74) is 0.573. The van der Waals surface area contributed by atoms with Crippen LogP contribution < -0.4 is 0 Å². The van der Waals surface area contributed by atoms with E-state index in [9.17, 15) is 9.59 Å². The Morgan fingerprint density at radius 2 is 1.88 bits per heavy atom. The number of aromatic nitrogens is 1. The molecule has 86 valence electrons. The minimum atomic E-state index is -1.22. The number of hydrogen-bond donors (Lipinski definition) is 1. The van der Waals surface area contributed by atoms with Gasteiger partial charge >= 0.3 is 5.97 Å². The van der Waals surface area contributed by atoms with Crippen LogP contribution in [0.5, 0.6) is 0 Å². The fourth-order valence-corrected chi connectivity index (χ4v) is 1.55. The van der Waals surface area contributed by atoms with Gasteiger partial charge < -0.3 is 9.63 Å². The second-order valence-electron chi connectivity index (χ2n) is 3.46. The normalized spacial score (nSPS) is 10.2. The first-order valence-electron chi connectivity index (χ1n) is 4.90. The maximum Gasteiger partial charge on any atom is 0.358 e. The van der Waals surface area contributed by atoms with Gasteiger partial charge in [-0.2, -0.15) is 0 Å². The minimum absolute atomic E-state index is 0.0337. The van der Waals surface area contributed by atoms with Crippen LogP contribution >= 0.6 is 0 Å². The molecule has 0 aliphatic rings. The molecule has 5 heteroatoms. The Labute approximate surface area is 96.7 Å². The smallest absolute Gasteiger partial charge is 0.358 e. The van der Waals surface area contributed by atoms with E-state index in [0.717, 1.165) is 0 Å². The maximum absolute atomic E-state index is 11.3. The standard InChI is InChI=1S/C12H9NO4/c1-7(14)11-9(8-5-3-2-4-6-8)10(12(15)16)13-17-11/h2-6H,1H3,(H,15,16). The molecule has 0 amide bonds. The summed E-state index contributed by atoms with van der Waals surface area (Å²) in [4.78, 5) is 22.3. The number of Topliss-reactive ketones (excluding diaryl/α,β-unsaturated/α-hetero) is 1. The van der Waals surface area contributed by atoms with E-state index < -0.39 is 5.97 Å². The highest BCUT2D eigenvalue weighted by molar-refractivity contribution is 6.04. The molecule has 0 bridgehead atoms. The van der Waals surface area contributed by atoms with E-state index in [1.165, 1.54) is 6.92 Å². The van der Waals surface area contributed by atoms with Crippen molar-refractivity contribution >= 4 is 11.8 Å². The average Bonchev–Trinajstić information content (AvgIpc) is 2.74. The zero-order chi connectivity index (χ0) is 12.4. The monoisotopic (exact) mass is 231 g/mol. The molecule has 0 fully saturated rings. The van der Waals surface area contributed by atoms with E-state index >= 15 is 0 Å². The van der Waals surface area contributed by atoms with Crippen LogP contribution in [0.4, 0.5) is 0 Å². The van der Waals surface area contributed by atoms with Crippen LogP contribution in [0.15, 0.2) is 34.9 Å². The summed E-state index contributed by atoms with van der Waals surface area (Å²) in [6, 6.07) is 8.69. The molecule has 0 radical (unpaired) electrons. The summed E-state index contributed by atoms with van der Waals surface area (Å²) in [5, 5.41) is 12.4. The Kier molecular flexibility index (Phi) is 2.74. The van der Waals surface area contributed by atoms with Crippen molar-refractivity contribution in [1.82, 2.24) is 5.16 Å². The molecule has 5 nitrogen and oxygen atoms in total. The SMILES string of the molecule is CC(=O)c1onc(C(=O)O)c1-c1ccccc1. The van der Waals surface area contributed by atoms with Crippen LogP contribution in [0.3, 0.4) is 0 Å². The van der Waals surface area contributed by atoms with Gasteiger partial charge in [0.1, 0.15) is 0 Å². The lowest BCUT2D eigenvalue weighted by molar-refractivity contribution is 0.0685. The van der Waals surface area contributed by atoms with E-state index in [4.69, 9.17) is 9.63 Å². The van der Waals surface area contributed by atoms with Crippen molar-refractivity contribution in [3.05, 3.63) is 41.8 Å². The van der Waals surface area contributed by atoms with Crippen molar-refractivity contribution in [3.8, 4) is 11.1 Å². The fourth-order valence-electron chi connectivity index (χ4n) is 1.55. The van der Waals surface area contributed by atoms with Crippen LogP contribution in [-0.2, 0) is 0 Å². The number of carbonyl (C=O) groups is 2. The van der Waals surface area contributed by atoms with E-state index in [1.807, 2.05) is 0 Å². The summed E-state index contributed by atoms with van der Waals surface area (Å²) in [6.07, 6.45) is 0. The van der Waals surface area contributed by atoms with Crippen molar-refractivity contribution < 1.29 is 19.2 Å². The highest BCUT2D eigenvalue weighted by Crippen LogP contribution is 2.27. The molecule has 0 spiro atoms. The maximum atomic E-state index is 11.3. The Hall–Kier alpha value is -2.43. The van der Waals surface area contributed by atoms with Crippen molar-refractivity contribution in [3.63, 3.8) is 0 Å². The van der Waals surface area contributed by atoms with E-state index in [0.29, 0.717) is 5.56 Å². The van der Waals surface area contributed by atoms with E-state index in [1.54, 1.807) is 30.3 Å². The van der Waals surface area contributed by atoms with Gasteiger partial charge in [0.15, 0.2) is 11.5 Å². The third kappa shape index (κ3) is 1.94. The molecule has 0 aliphatic carbocycles. The molecule has 1 heterocycles. The highest BCUT2D eigenvalue weighted by atomic mass is 16.5. The summed E-state index contributed by atoms with van der Waals surface area (Å²) >= 11 is 0. The first kappa shape index (κ1) is 11.1. The summed E-state index contributed by atoms with van der Waals surface area (Å²) in [7, 11) is 0. The number of aromatic carboxylic acids is 1. The highest BCUT2D eigenvalue weighted by Gasteiger charge is 2.24. The molecule has 1 aromatic heterocycles. The Morgan fingerprint density at radius 3 is 2.41 bits per heavy atom. The predicted octanol–water partition coefficient (Wildman–Crippen LogP) is 2.24. The molecule has 0 saturated heterocycles. The van der Waals surface area contributed by atoms with Gasteiger partial charge in [-0.15, -0.1) is 0 Å². The fraction of sp³-hybridized carbons (Fsp3) is 0.0833. The molecule has 1 aromatic carbocycles. The van der Waals surface area contributed by atoms with Crippen LogP contribution in [0.2, 0.25) is 0 Å². The van der Waals surface area contributed by atoms with Gasteiger partial charge in [0.25, 0.3) is 0 Å². The topological polar surface area (TPSA) is 80.4 Å². The number of benzene rings is 1. The van der Waals surface area contributed by atoms with Crippen LogP contribution in [-0.4, -0.2) is 22.0 Å². The molecular formula is C12H9NO4. The summed E-state index contributed by atoms with van der Waals surface area (Å²) < 4.78 is 4.79. The first-order valence-corrected chi connectivity index (χ1v) is 4.90. The van der Waals surface area contributed by atoms with Crippen molar-refractivity contribution in [2.45, 2.75) is 6.92 Å². The average molecular weight is 231 g/mol. The van der Waals surface area contributed by atoms with Gasteiger partial charge in [0.05, 0.1) is 5.56 Å². The van der Waals surface area contributed by atoms with Crippen molar-refractivity contribution in [2.24, 2.45) is 0 Å². The number of hydrogen-bond acceptors (Lipinski definition) is 4. The predicted molar refractivity (Wildman–Crippen MR) is 58.9 cm³/mol. The number of carbonyl (C=O) groups excluding carboxylic acids is 1. The van der Waals surface area contributed by atoms with Crippen LogP contribution in [0, 0.1) is 0 Å². The first-order chi connectivity index (χ1) is 8.11. The third-order valence-electron chi connectivity index (χ3n) is 2.28. The summed E-state index contributed by atoms with van der Waals surface area (Å²) in [5.74, 6) is -1.61. The Balaban J connectivity index is 2.69. The molecule has 0 unspecified atom stereocenters. The van der Waals surface area contributed by atoms with Gasteiger partial charge in [-0.25, -0.2) is 4.79 Å². The molecular weight excluding hydrogens is 222 g/mol. The lowest BCUT2D eigenvalue weighted by Gasteiger charge is -1.99. The van der Waals surface area contributed by atoms with Gasteiger partial charge in [-0.1, -0.05) is 35.5 Å². The lowest BCUT2D eigenvalue weighted by atomic mass is 10.0. The molecule has 2 rings (SSSR count). The Morgan fingerprint density at radius 1 is 1.24 bits per heavy atom. The second-order valence-corrected chi connectivity index (χ2v) is 3.46. The minimum Gasteiger partial charge on any atom is -0.476 e. The molecule has 0 aliphatic heterocycles. The van der Waals surface area contributed by atoms with Crippen molar-refractivity contribution in [2.75, 3.05) is 0 Å². The van der Waals surface area contributed by atoms with Gasteiger partial charge in [-0.3, -0.25) is 4.79 Å². The summed E-state index contributed by atoms with van der Waals surface area (Å²) in [6.45, 7) is 1.30. The number of nitrogens with zero attached hydrogens (tertiary/aromatic N) is 1. The lowest BCUT2D eigenvalue weighted by Crippen LogP contribution is -2.00. The second kappa shape index (κ2) is 4.21. The van der Waals surface area contributed by atoms with Crippen LogP contribution in [0.1, 0.15) is 28.0 Å². The molecule has 1 N–H and O–H groups in total. The largest absolute Gasteiger partial charge is 0.476 e. The Bertz CT molecular complexity index is 540. The third-order valence-corrected chi connectivity index (χ3v) is 2.28. The zero-order valence-corrected chi connectivity index (χ0v) is 9.01. The molecule has 0 atom stereocenters. The quantitative estimate of drug-likeness (QED) is 0.819. The number of carboxylic acids is 1. The number of carboxylic acid groups (broad SMARTS) is 1. The van der Waals surface area contributed by atoms with Gasteiger partial charge in [-0.05, 0) is 5.56 Å². The molecule has 2 aromatic rings. The molecule has 0 saturated carbocycles. The number of rotatable bonds is 3. The van der Waals surface area contributed by atoms with Gasteiger partial charge in [0, 0.05) is 6.92 Å². The van der Waals surface area contributed by atoms with Crippen LogP contribution in [0.25, 0.3) is 11.1 Å².